The molecule has 0 aliphatic heterocycles. The molecule has 0 atom stereocenters. The number of aryl methyl sites for hydroxylation is 1. The first-order valence-corrected chi connectivity index (χ1v) is 9.08. The minimum atomic E-state index is -0.194. The zero-order chi connectivity index (χ0) is 16.3. The quantitative estimate of drug-likeness (QED) is 0.472. The number of hydrogen-bond acceptors (Lipinski definition) is 1. The average Bonchev–Trinajstić information content (AvgIpc) is 2.59. The monoisotopic (exact) mass is 313 g/mol. The molecule has 1 radical (unpaired) electrons. The molecular formula is C21H29O2. The Morgan fingerprint density at radius 1 is 0.870 bits per heavy atom. The maximum Gasteiger partial charge on any atom is 0.130 e. The summed E-state index contributed by atoms with van der Waals surface area (Å²) < 4.78 is 5.80. The summed E-state index contributed by atoms with van der Waals surface area (Å²) in [5.41, 5.74) is 1.24. The van der Waals surface area contributed by atoms with Gasteiger partial charge in [0.1, 0.15) is 19.0 Å². The lowest BCUT2D eigenvalue weighted by Crippen LogP contribution is -2.04. The minimum absolute atomic E-state index is 0.194. The lowest BCUT2D eigenvalue weighted by Gasteiger charge is -2.14. The number of ether oxygens (including phenoxy) is 1. The highest BCUT2D eigenvalue weighted by Crippen LogP contribution is 2.31. The van der Waals surface area contributed by atoms with Crippen LogP contribution in [0.3, 0.4) is 0 Å². The Morgan fingerprint density at radius 2 is 1.61 bits per heavy atom. The van der Waals surface area contributed by atoms with Gasteiger partial charge in [-0.3, -0.25) is 0 Å². The molecule has 125 valence electrons. The summed E-state index contributed by atoms with van der Waals surface area (Å²) >= 11 is 0. The molecule has 0 fully saturated rings. The van der Waals surface area contributed by atoms with Crippen molar-refractivity contribution in [1.82, 2.24) is 0 Å². The molecule has 2 rings (SSSR count). The first-order valence-electron chi connectivity index (χ1n) is 9.08. The van der Waals surface area contributed by atoms with Crippen molar-refractivity contribution in [2.24, 2.45) is 0 Å². The van der Waals surface area contributed by atoms with Crippen LogP contribution in [0.5, 0.6) is 5.75 Å². The third kappa shape index (κ3) is 5.54. The number of fused-ring (bicyclic) bond motifs is 1. The van der Waals surface area contributed by atoms with Gasteiger partial charge in [-0.2, -0.15) is 0 Å². The van der Waals surface area contributed by atoms with E-state index in [0.717, 1.165) is 17.6 Å². The van der Waals surface area contributed by atoms with Crippen molar-refractivity contribution < 1.29 is 9.84 Å². The molecule has 0 amide bonds. The van der Waals surface area contributed by atoms with E-state index in [9.17, 15) is 5.11 Å². The fourth-order valence-electron chi connectivity index (χ4n) is 3.07. The minimum Gasteiger partial charge on any atom is -0.490 e. The summed E-state index contributed by atoms with van der Waals surface area (Å²) in [5.74, 6) is 0.921. The van der Waals surface area contributed by atoms with Crippen molar-refractivity contribution in [3.05, 3.63) is 42.0 Å². The molecule has 0 saturated heterocycles. The zero-order valence-electron chi connectivity index (χ0n) is 14.4. The molecule has 0 bridgehead atoms. The van der Waals surface area contributed by atoms with Crippen LogP contribution in [0.25, 0.3) is 10.8 Å². The van der Waals surface area contributed by atoms with Crippen molar-refractivity contribution >= 4 is 10.8 Å². The number of rotatable bonds is 11. The Kier molecular flexibility index (Phi) is 7.96. The van der Waals surface area contributed by atoms with Crippen LogP contribution in [0.4, 0.5) is 0 Å². The molecule has 0 aromatic heterocycles. The summed E-state index contributed by atoms with van der Waals surface area (Å²) in [4.78, 5) is 0. The van der Waals surface area contributed by atoms with Gasteiger partial charge in [0.15, 0.2) is 0 Å². The standard InChI is InChI=1S/C21H29O2/c1-2-3-4-5-6-7-8-12-19-15-14-18-11-9-10-13-20(18)21(19)23-17-16-22/h9-11,13-15H,2-8,12,16-17H2,1H3. The SMILES string of the molecule is CCCCCCCCCc1ccc2ccccc2c1OCC[O]. The molecule has 0 aliphatic carbocycles. The van der Waals surface area contributed by atoms with E-state index in [2.05, 4.69) is 31.2 Å². The summed E-state index contributed by atoms with van der Waals surface area (Å²) in [7, 11) is 0. The third-order valence-electron chi connectivity index (χ3n) is 4.34. The van der Waals surface area contributed by atoms with Crippen molar-refractivity contribution in [1.29, 1.82) is 0 Å². The fourth-order valence-corrected chi connectivity index (χ4v) is 3.07. The predicted molar refractivity (Wildman–Crippen MR) is 96.7 cm³/mol. The van der Waals surface area contributed by atoms with Gasteiger partial charge >= 0.3 is 0 Å². The highest BCUT2D eigenvalue weighted by Gasteiger charge is 2.09. The zero-order valence-corrected chi connectivity index (χ0v) is 14.4. The van der Waals surface area contributed by atoms with Gasteiger partial charge in [0.25, 0.3) is 0 Å². The Balaban J connectivity index is 1.96. The summed E-state index contributed by atoms with van der Waals surface area (Å²) in [6.45, 7) is 2.31. The van der Waals surface area contributed by atoms with Crippen molar-refractivity contribution in [2.45, 2.75) is 58.3 Å². The van der Waals surface area contributed by atoms with Crippen molar-refractivity contribution in [3.63, 3.8) is 0 Å². The van der Waals surface area contributed by atoms with E-state index < -0.39 is 0 Å². The molecule has 0 N–H and O–H groups in total. The first-order chi connectivity index (χ1) is 11.4. The lowest BCUT2D eigenvalue weighted by atomic mass is 10.00. The highest BCUT2D eigenvalue weighted by atomic mass is 16.5. The third-order valence-corrected chi connectivity index (χ3v) is 4.34. The van der Waals surface area contributed by atoms with Crippen LogP contribution in [0, 0.1) is 0 Å². The molecule has 0 unspecified atom stereocenters. The van der Waals surface area contributed by atoms with E-state index in [1.54, 1.807) is 0 Å². The van der Waals surface area contributed by atoms with Crippen molar-refractivity contribution in [3.8, 4) is 5.75 Å². The maximum absolute atomic E-state index is 10.8. The number of benzene rings is 2. The van der Waals surface area contributed by atoms with Crippen LogP contribution in [-0.4, -0.2) is 13.2 Å². The smallest absolute Gasteiger partial charge is 0.130 e. The molecular weight excluding hydrogens is 284 g/mol. The van der Waals surface area contributed by atoms with E-state index in [1.165, 1.54) is 55.9 Å². The molecule has 2 aromatic rings. The van der Waals surface area contributed by atoms with Crippen LogP contribution < -0.4 is 4.74 Å². The molecule has 2 aromatic carbocycles. The van der Waals surface area contributed by atoms with Crippen LogP contribution in [-0.2, 0) is 11.5 Å². The Hall–Kier alpha value is -1.54. The molecule has 0 saturated carbocycles. The molecule has 0 heterocycles. The maximum atomic E-state index is 10.8. The Morgan fingerprint density at radius 3 is 2.39 bits per heavy atom. The van der Waals surface area contributed by atoms with Crippen LogP contribution in [0.15, 0.2) is 36.4 Å². The van der Waals surface area contributed by atoms with E-state index in [4.69, 9.17) is 4.74 Å². The summed E-state index contributed by atoms with van der Waals surface area (Å²) in [6, 6.07) is 12.6. The van der Waals surface area contributed by atoms with E-state index >= 15 is 0 Å². The second-order valence-corrected chi connectivity index (χ2v) is 6.20. The van der Waals surface area contributed by atoms with E-state index in [-0.39, 0.29) is 13.2 Å². The lowest BCUT2D eigenvalue weighted by molar-refractivity contribution is 0.138. The summed E-state index contributed by atoms with van der Waals surface area (Å²) in [5, 5.41) is 13.1. The van der Waals surface area contributed by atoms with Gasteiger partial charge in [-0.15, -0.1) is 0 Å². The first kappa shape index (κ1) is 17.8. The fraction of sp³-hybridized carbons (Fsp3) is 0.524. The average molecular weight is 313 g/mol. The molecule has 0 spiro atoms. The molecule has 2 nitrogen and oxygen atoms in total. The second-order valence-electron chi connectivity index (χ2n) is 6.20. The van der Waals surface area contributed by atoms with E-state index in [0.29, 0.717) is 0 Å². The summed E-state index contributed by atoms with van der Waals surface area (Å²) in [6.07, 6.45) is 10.2. The largest absolute Gasteiger partial charge is 0.490 e. The van der Waals surface area contributed by atoms with Crippen LogP contribution in [0.1, 0.15) is 57.4 Å². The van der Waals surface area contributed by atoms with Gasteiger partial charge in [0.05, 0.1) is 0 Å². The molecule has 23 heavy (non-hydrogen) atoms. The van der Waals surface area contributed by atoms with E-state index in [1.807, 2.05) is 12.1 Å². The Labute approximate surface area is 140 Å². The Bertz CT molecular complexity index is 577. The molecule has 0 aliphatic rings. The van der Waals surface area contributed by atoms with Gasteiger partial charge in [-0.25, -0.2) is 5.11 Å². The number of unbranched alkanes of at least 4 members (excludes halogenated alkanes) is 6. The van der Waals surface area contributed by atoms with Gasteiger partial charge in [0, 0.05) is 5.39 Å². The predicted octanol–water partition coefficient (Wildman–Crippen LogP) is 5.94. The van der Waals surface area contributed by atoms with Crippen LogP contribution in [0.2, 0.25) is 0 Å². The van der Waals surface area contributed by atoms with Crippen molar-refractivity contribution in [2.75, 3.05) is 13.2 Å². The van der Waals surface area contributed by atoms with Gasteiger partial charge in [0.2, 0.25) is 0 Å². The number of hydrogen-bond donors (Lipinski definition) is 0. The van der Waals surface area contributed by atoms with Gasteiger partial charge in [-0.05, 0) is 23.8 Å². The highest BCUT2D eigenvalue weighted by molar-refractivity contribution is 5.89. The second kappa shape index (κ2) is 10.3. The topological polar surface area (TPSA) is 29.1 Å². The van der Waals surface area contributed by atoms with Gasteiger partial charge in [-0.1, -0.05) is 81.8 Å². The van der Waals surface area contributed by atoms with Crippen LogP contribution >= 0.6 is 0 Å². The normalized spacial score (nSPS) is 11.0. The molecule has 2 heteroatoms. The van der Waals surface area contributed by atoms with Gasteiger partial charge < -0.3 is 4.74 Å².